The van der Waals surface area contributed by atoms with E-state index in [1.807, 2.05) is 38.1 Å². The minimum Gasteiger partial charge on any atom is -0.395 e. The Morgan fingerprint density at radius 2 is 2.04 bits per heavy atom. The number of aryl methyl sites for hydroxylation is 2. The van der Waals surface area contributed by atoms with Crippen molar-refractivity contribution in [3.8, 4) is 11.3 Å². The van der Waals surface area contributed by atoms with E-state index in [0.29, 0.717) is 12.1 Å². The van der Waals surface area contributed by atoms with Gasteiger partial charge in [-0.1, -0.05) is 18.6 Å². The fourth-order valence-corrected chi connectivity index (χ4v) is 3.57. The molecule has 144 valence electrons. The number of aliphatic hydroxyl groups is 1. The van der Waals surface area contributed by atoms with Gasteiger partial charge in [0.1, 0.15) is 0 Å². The van der Waals surface area contributed by atoms with Crippen molar-refractivity contribution in [2.45, 2.75) is 39.2 Å². The number of nitrogens with zero attached hydrogens (tertiary/aromatic N) is 3. The van der Waals surface area contributed by atoms with Crippen LogP contribution in [0.5, 0.6) is 0 Å². The minimum atomic E-state index is -0.0776. The van der Waals surface area contributed by atoms with Gasteiger partial charge in [-0.3, -0.25) is 14.7 Å². The van der Waals surface area contributed by atoms with Crippen molar-refractivity contribution < 1.29 is 9.90 Å². The Labute approximate surface area is 160 Å². The van der Waals surface area contributed by atoms with Gasteiger partial charge in [-0.15, -0.1) is 0 Å². The predicted molar refractivity (Wildman–Crippen MR) is 106 cm³/mol. The predicted octanol–water partition coefficient (Wildman–Crippen LogP) is 2.34. The minimum absolute atomic E-state index is 0.0776. The molecule has 1 aromatic heterocycles. The number of rotatable bonds is 6. The fraction of sp³-hybridized carbons (Fsp3) is 0.476. The van der Waals surface area contributed by atoms with Gasteiger partial charge in [0.15, 0.2) is 0 Å². The highest BCUT2D eigenvalue weighted by Crippen LogP contribution is 2.20. The van der Waals surface area contributed by atoms with E-state index in [0.717, 1.165) is 48.6 Å². The normalized spacial score (nSPS) is 17.7. The largest absolute Gasteiger partial charge is 0.395 e. The summed E-state index contributed by atoms with van der Waals surface area (Å²) < 4.78 is 0. The van der Waals surface area contributed by atoms with Gasteiger partial charge in [0, 0.05) is 36.5 Å². The second-order valence-corrected chi connectivity index (χ2v) is 7.15. The maximum absolute atomic E-state index is 12.4. The van der Waals surface area contributed by atoms with Crippen LogP contribution in [0.1, 0.15) is 41.0 Å². The maximum Gasteiger partial charge on any atom is 0.251 e. The molecule has 2 N–H and O–H groups in total. The van der Waals surface area contributed by atoms with Gasteiger partial charge in [0.05, 0.1) is 23.7 Å². The molecule has 2 aromatic rings. The number of hydrogen-bond acceptors (Lipinski definition) is 5. The quantitative estimate of drug-likeness (QED) is 0.818. The number of benzene rings is 1. The molecule has 0 saturated carbocycles. The van der Waals surface area contributed by atoms with Gasteiger partial charge >= 0.3 is 0 Å². The third-order valence-corrected chi connectivity index (χ3v) is 5.14. The van der Waals surface area contributed by atoms with Gasteiger partial charge in [0.25, 0.3) is 5.91 Å². The first kappa shape index (κ1) is 19.5. The van der Waals surface area contributed by atoms with E-state index in [1.54, 1.807) is 6.20 Å². The highest BCUT2D eigenvalue weighted by atomic mass is 16.3. The van der Waals surface area contributed by atoms with Crippen LogP contribution in [0.2, 0.25) is 0 Å². The van der Waals surface area contributed by atoms with Crippen molar-refractivity contribution in [2.75, 3.05) is 26.2 Å². The summed E-state index contributed by atoms with van der Waals surface area (Å²) in [7, 11) is 0. The molecule has 1 aliphatic heterocycles. The zero-order valence-electron chi connectivity index (χ0n) is 16.1. The highest BCUT2D eigenvalue weighted by Gasteiger charge is 2.21. The lowest BCUT2D eigenvalue weighted by Crippen LogP contribution is -2.45. The molecule has 1 aromatic carbocycles. The van der Waals surface area contributed by atoms with Crippen LogP contribution in [-0.4, -0.2) is 58.2 Å². The first-order valence-corrected chi connectivity index (χ1v) is 9.62. The van der Waals surface area contributed by atoms with E-state index < -0.39 is 0 Å². The van der Waals surface area contributed by atoms with Crippen molar-refractivity contribution >= 4 is 5.91 Å². The number of likely N-dealkylation sites (tertiary alicyclic amines) is 1. The second kappa shape index (κ2) is 9.06. The zero-order valence-corrected chi connectivity index (χ0v) is 16.1. The smallest absolute Gasteiger partial charge is 0.251 e. The summed E-state index contributed by atoms with van der Waals surface area (Å²) in [4.78, 5) is 23.6. The number of amides is 1. The van der Waals surface area contributed by atoms with E-state index in [9.17, 15) is 9.90 Å². The number of hydrogen-bond donors (Lipinski definition) is 2. The second-order valence-electron chi connectivity index (χ2n) is 7.15. The molecule has 1 aliphatic rings. The van der Waals surface area contributed by atoms with Crippen LogP contribution in [0.25, 0.3) is 11.3 Å². The summed E-state index contributed by atoms with van der Waals surface area (Å²) >= 11 is 0. The Balaban J connectivity index is 1.57. The number of aromatic nitrogens is 2. The van der Waals surface area contributed by atoms with Crippen LogP contribution in [-0.2, 0) is 0 Å². The summed E-state index contributed by atoms with van der Waals surface area (Å²) in [5.41, 5.74) is 4.19. The molecular weight excluding hydrogens is 340 g/mol. The Bertz CT molecular complexity index is 776. The highest BCUT2D eigenvalue weighted by molar-refractivity contribution is 5.94. The molecule has 2 heterocycles. The number of piperidine rings is 1. The molecule has 1 fully saturated rings. The van der Waals surface area contributed by atoms with Crippen molar-refractivity contribution in [1.29, 1.82) is 0 Å². The molecule has 6 heteroatoms. The number of carbonyl (C=O) groups is 1. The summed E-state index contributed by atoms with van der Waals surface area (Å²) in [5.74, 6) is -0.0776. The van der Waals surface area contributed by atoms with Crippen molar-refractivity contribution in [3.63, 3.8) is 0 Å². The Morgan fingerprint density at radius 3 is 2.78 bits per heavy atom. The molecule has 1 amide bonds. The van der Waals surface area contributed by atoms with Crippen molar-refractivity contribution in [3.05, 3.63) is 47.4 Å². The van der Waals surface area contributed by atoms with Gasteiger partial charge < -0.3 is 10.4 Å². The van der Waals surface area contributed by atoms with Gasteiger partial charge in [-0.25, -0.2) is 4.98 Å². The topological polar surface area (TPSA) is 78.4 Å². The molecule has 0 bridgehead atoms. The lowest BCUT2D eigenvalue weighted by molar-refractivity contribution is 0.0849. The van der Waals surface area contributed by atoms with Crippen LogP contribution in [0.15, 0.2) is 30.5 Å². The molecule has 1 saturated heterocycles. The molecule has 27 heavy (non-hydrogen) atoms. The molecule has 0 radical (unpaired) electrons. The molecule has 6 nitrogen and oxygen atoms in total. The van der Waals surface area contributed by atoms with E-state index in [4.69, 9.17) is 0 Å². The molecule has 1 unspecified atom stereocenters. The Hall–Kier alpha value is -2.31. The number of aliphatic hydroxyl groups excluding tert-OH is 1. The van der Waals surface area contributed by atoms with E-state index in [1.165, 1.54) is 6.42 Å². The van der Waals surface area contributed by atoms with Gasteiger partial charge in [0.2, 0.25) is 0 Å². The third kappa shape index (κ3) is 4.90. The van der Waals surface area contributed by atoms with E-state index >= 15 is 0 Å². The molecule has 0 aliphatic carbocycles. The average Bonchev–Trinajstić information content (AvgIpc) is 2.70. The lowest BCUT2D eigenvalue weighted by Gasteiger charge is -2.34. The fourth-order valence-electron chi connectivity index (χ4n) is 3.57. The first-order chi connectivity index (χ1) is 13.1. The van der Waals surface area contributed by atoms with Crippen molar-refractivity contribution in [1.82, 2.24) is 20.2 Å². The molecule has 3 rings (SSSR count). The standard InChI is InChI=1S/C21H28N4O2/c1-15-13-23-16(2)20(24-15)17-6-8-18(9-7-17)21(27)22-10-12-25-11-4-3-5-19(25)14-26/h6-9,13,19,26H,3-5,10-12,14H2,1-2H3,(H,22,27). The van der Waals surface area contributed by atoms with Crippen LogP contribution in [0.3, 0.4) is 0 Å². The Kier molecular flexibility index (Phi) is 6.53. The van der Waals surface area contributed by atoms with Crippen LogP contribution in [0, 0.1) is 13.8 Å². The number of carbonyl (C=O) groups excluding carboxylic acids is 1. The summed E-state index contributed by atoms with van der Waals surface area (Å²) in [6.07, 6.45) is 5.12. The summed E-state index contributed by atoms with van der Waals surface area (Å²) in [5, 5.41) is 12.4. The van der Waals surface area contributed by atoms with Crippen LogP contribution >= 0.6 is 0 Å². The third-order valence-electron chi connectivity index (χ3n) is 5.14. The van der Waals surface area contributed by atoms with Crippen LogP contribution < -0.4 is 5.32 Å². The summed E-state index contributed by atoms with van der Waals surface area (Å²) in [6, 6.07) is 7.71. The Morgan fingerprint density at radius 1 is 1.26 bits per heavy atom. The average molecular weight is 368 g/mol. The van der Waals surface area contributed by atoms with Crippen LogP contribution in [0.4, 0.5) is 0 Å². The maximum atomic E-state index is 12.4. The van der Waals surface area contributed by atoms with Gasteiger partial charge in [-0.05, 0) is 45.4 Å². The van der Waals surface area contributed by atoms with Gasteiger partial charge in [-0.2, -0.15) is 0 Å². The van der Waals surface area contributed by atoms with E-state index in [-0.39, 0.29) is 18.6 Å². The molecule has 0 spiro atoms. The monoisotopic (exact) mass is 368 g/mol. The number of nitrogens with one attached hydrogen (secondary N) is 1. The van der Waals surface area contributed by atoms with E-state index in [2.05, 4.69) is 20.2 Å². The molecular formula is C21H28N4O2. The summed E-state index contributed by atoms with van der Waals surface area (Å²) in [6.45, 7) is 6.39. The lowest BCUT2D eigenvalue weighted by atomic mass is 10.0. The van der Waals surface area contributed by atoms with Crippen molar-refractivity contribution in [2.24, 2.45) is 0 Å². The molecule has 1 atom stereocenters. The zero-order chi connectivity index (χ0) is 19.2. The first-order valence-electron chi connectivity index (χ1n) is 9.62. The SMILES string of the molecule is Cc1cnc(C)c(-c2ccc(C(=O)NCCN3CCCCC3CO)cc2)n1.